The second kappa shape index (κ2) is 9.07. The number of carbonyl (C=O) groups excluding carboxylic acids is 1. The quantitative estimate of drug-likeness (QED) is 0.473. The van der Waals surface area contributed by atoms with E-state index in [1.165, 1.54) is 24.2 Å². The van der Waals surface area contributed by atoms with Crippen molar-refractivity contribution >= 4 is 32.8 Å². The third-order valence-corrected chi connectivity index (χ3v) is 9.60. The Morgan fingerprint density at radius 2 is 1.76 bits per heavy atom. The standard InChI is InChI=1S/C26H27NO5S2/c1-16-7-10-19(11-8-16)34(29,30)23-15-33-26-20(14-24(28)27-25(23)26)17-9-12-21(22(13-17)31-2)32-18-5-3-4-6-18/h7-13,15,18,20H,3-6,14H2,1-2H3,(H,27,28)/t20-/m1/s1. The van der Waals surface area contributed by atoms with Crippen LogP contribution in [0.15, 0.2) is 57.6 Å². The first-order valence-electron chi connectivity index (χ1n) is 11.4. The van der Waals surface area contributed by atoms with Gasteiger partial charge in [0.05, 0.1) is 23.8 Å². The molecule has 1 amide bonds. The van der Waals surface area contributed by atoms with E-state index in [4.69, 9.17) is 9.47 Å². The number of amides is 1. The van der Waals surface area contributed by atoms with Crippen LogP contribution in [-0.4, -0.2) is 27.5 Å². The molecule has 5 rings (SSSR count). The molecule has 178 valence electrons. The first-order valence-corrected chi connectivity index (χ1v) is 13.8. The van der Waals surface area contributed by atoms with Gasteiger partial charge in [0.15, 0.2) is 11.5 Å². The van der Waals surface area contributed by atoms with Crippen molar-refractivity contribution in [2.45, 2.75) is 60.8 Å². The minimum Gasteiger partial charge on any atom is -0.493 e. The first kappa shape index (κ1) is 22.9. The van der Waals surface area contributed by atoms with Gasteiger partial charge in [-0.2, -0.15) is 0 Å². The molecular weight excluding hydrogens is 470 g/mol. The second-order valence-electron chi connectivity index (χ2n) is 8.90. The molecule has 2 heterocycles. The van der Waals surface area contributed by atoms with Gasteiger partial charge < -0.3 is 14.8 Å². The van der Waals surface area contributed by atoms with Gasteiger partial charge in [-0.05, 0) is 62.4 Å². The molecule has 6 nitrogen and oxygen atoms in total. The Hall–Kier alpha value is -2.84. The van der Waals surface area contributed by atoms with Crippen molar-refractivity contribution in [1.82, 2.24) is 0 Å². The summed E-state index contributed by atoms with van der Waals surface area (Å²) < 4.78 is 38.5. The zero-order chi connectivity index (χ0) is 23.9. The maximum atomic E-state index is 13.4. The van der Waals surface area contributed by atoms with E-state index in [2.05, 4.69) is 5.32 Å². The van der Waals surface area contributed by atoms with E-state index >= 15 is 0 Å². The number of hydrogen-bond acceptors (Lipinski definition) is 6. The van der Waals surface area contributed by atoms with Crippen molar-refractivity contribution in [2.75, 3.05) is 12.4 Å². The van der Waals surface area contributed by atoms with Crippen LogP contribution in [0.1, 0.15) is 54.0 Å². The van der Waals surface area contributed by atoms with Gasteiger partial charge in [-0.3, -0.25) is 4.79 Å². The molecule has 1 aromatic heterocycles. The summed E-state index contributed by atoms with van der Waals surface area (Å²) in [5, 5.41) is 4.45. The third kappa shape index (κ3) is 4.20. The average molecular weight is 498 g/mol. The summed E-state index contributed by atoms with van der Waals surface area (Å²) in [6.07, 6.45) is 4.89. The zero-order valence-corrected chi connectivity index (χ0v) is 20.8. The number of anilines is 1. The molecule has 1 N–H and O–H groups in total. The molecule has 0 bridgehead atoms. The number of rotatable bonds is 6. The average Bonchev–Trinajstić information content (AvgIpc) is 3.49. The highest BCUT2D eigenvalue weighted by molar-refractivity contribution is 7.91. The summed E-state index contributed by atoms with van der Waals surface area (Å²) in [7, 11) is -2.16. The number of nitrogens with one attached hydrogen (secondary N) is 1. The lowest BCUT2D eigenvalue weighted by molar-refractivity contribution is -0.116. The number of carbonyl (C=O) groups is 1. The Kier molecular flexibility index (Phi) is 6.12. The van der Waals surface area contributed by atoms with E-state index in [-0.39, 0.29) is 34.1 Å². The molecule has 1 aliphatic carbocycles. The van der Waals surface area contributed by atoms with Crippen molar-refractivity contribution in [1.29, 1.82) is 0 Å². The van der Waals surface area contributed by atoms with Crippen LogP contribution < -0.4 is 14.8 Å². The number of hydrogen-bond donors (Lipinski definition) is 1. The van der Waals surface area contributed by atoms with Crippen LogP contribution in [-0.2, 0) is 14.6 Å². The summed E-state index contributed by atoms with van der Waals surface area (Å²) in [6, 6.07) is 12.5. The smallest absolute Gasteiger partial charge is 0.225 e. The van der Waals surface area contributed by atoms with Crippen molar-refractivity contribution in [2.24, 2.45) is 0 Å². The predicted octanol–water partition coefficient (Wildman–Crippen LogP) is 5.69. The van der Waals surface area contributed by atoms with Crippen LogP contribution in [0.3, 0.4) is 0 Å². The molecule has 1 fully saturated rings. The lowest BCUT2D eigenvalue weighted by atomic mass is 9.90. The molecule has 0 unspecified atom stereocenters. The van der Waals surface area contributed by atoms with Crippen LogP contribution in [0.5, 0.6) is 11.5 Å². The van der Waals surface area contributed by atoms with E-state index < -0.39 is 9.84 Å². The molecular formula is C26H27NO5S2. The fourth-order valence-corrected chi connectivity index (χ4v) is 7.61. The van der Waals surface area contributed by atoms with Gasteiger partial charge in [0, 0.05) is 22.6 Å². The Morgan fingerprint density at radius 3 is 2.47 bits per heavy atom. The van der Waals surface area contributed by atoms with E-state index in [9.17, 15) is 13.2 Å². The van der Waals surface area contributed by atoms with Crippen molar-refractivity contribution in [3.63, 3.8) is 0 Å². The number of benzene rings is 2. The van der Waals surface area contributed by atoms with Gasteiger partial charge in [-0.15, -0.1) is 11.3 Å². The van der Waals surface area contributed by atoms with Crippen LogP contribution in [0.25, 0.3) is 0 Å². The SMILES string of the molecule is COc1cc([C@H]2CC(=O)Nc3c(S(=O)(=O)c4ccc(C)cc4)csc32)ccc1OC1CCCC1. The molecule has 1 aliphatic heterocycles. The first-order chi connectivity index (χ1) is 16.4. The van der Waals surface area contributed by atoms with Crippen LogP contribution in [0.4, 0.5) is 5.69 Å². The topological polar surface area (TPSA) is 81.7 Å². The normalized spacial score (nSPS) is 18.4. The van der Waals surface area contributed by atoms with Gasteiger partial charge in [0.25, 0.3) is 0 Å². The third-order valence-electron chi connectivity index (χ3n) is 6.56. The highest BCUT2D eigenvalue weighted by Crippen LogP contribution is 2.47. The second-order valence-corrected chi connectivity index (χ2v) is 11.7. The maximum Gasteiger partial charge on any atom is 0.225 e. The Morgan fingerprint density at radius 1 is 1.03 bits per heavy atom. The van der Waals surface area contributed by atoms with E-state index in [1.54, 1.807) is 36.8 Å². The highest BCUT2D eigenvalue weighted by Gasteiger charge is 2.35. The Labute approximate surface area is 203 Å². The number of sulfone groups is 1. The fraction of sp³-hybridized carbons (Fsp3) is 0.346. The minimum absolute atomic E-state index is 0.141. The van der Waals surface area contributed by atoms with Gasteiger partial charge in [-0.1, -0.05) is 23.8 Å². The molecule has 0 saturated heterocycles. The van der Waals surface area contributed by atoms with Crippen molar-refractivity contribution in [3.05, 3.63) is 63.8 Å². The molecule has 0 radical (unpaired) electrons. The van der Waals surface area contributed by atoms with Crippen LogP contribution in [0, 0.1) is 6.92 Å². The predicted molar refractivity (Wildman–Crippen MR) is 132 cm³/mol. The van der Waals surface area contributed by atoms with E-state index in [0.29, 0.717) is 17.2 Å². The Balaban J connectivity index is 1.50. The van der Waals surface area contributed by atoms with Gasteiger partial charge in [-0.25, -0.2) is 8.42 Å². The molecule has 34 heavy (non-hydrogen) atoms. The Bertz CT molecular complexity index is 1320. The highest BCUT2D eigenvalue weighted by atomic mass is 32.2. The summed E-state index contributed by atoms with van der Waals surface area (Å²) in [5.74, 6) is 0.861. The lowest BCUT2D eigenvalue weighted by Crippen LogP contribution is -2.23. The number of thiophene rings is 1. The van der Waals surface area contributed by atoms with Gasteiger partial charge in [0.1, 0.15) is 4.90 Å². The monoisotopic (exact) mass is 497 g/mol. The van der Waals surface area contributed by atoms with E-state index in [0.717, 1.165) is 28.8 Å². The van der Waals surface area contributed by atoms with Gasteiger partial charge >= 0.3 is 0 Å². The lowest BCUT2D eigenvalue weighted by Gasteiger charge is -2.25. The van der Waals surface area contributed by atoms with Crippen molar-refractivity contribution < 1.29 is 22.7 Å². The molecule has 1 saturated carbocycles. The summed E-state index contributed by atoms with van der Waals surface area (Å²) in [6.45, 7) is 1.91. The van der Waals surface area contributed by atoms with Gasteiger partial charge in [0.2, 0.25) is 15.7 Å². The number of fused-ring (bicyclic) bond motifs is 1. The largest absolute Gasteiger partial charge is 0.493 e. The van der Waals surface area contributed by atoms with E-state index in [1.807, 2.05) is 25.1 Å². The molecule has 2 aromatic carbocycles. The molecule has 3 aromatic rings. The number of methoxy groups -OCH3 is 1. The molecule has 8 heteroatoms. The number of ether oxygens (including phenoxy) is 2. The molecule has 0 spiro atoms. The summed E-state index contributed by atoms with van der Waals surface area (Å²) in [5.41, 5.74) is 2.26. The minimum atomic E-state index is -3.76. The summed E-state index contributed by atoms with van der Waals surface area (Å²) in [4.78, 5) is 13.8. The van der Waals surface area contributed by atoms with Crippen LogP contribution in [0.2, 0.25) is 0 Å². The zero-order valence-electron chi connectivity index (χ0n) is 19.2. The molecule has 2 aliphatic rings. The molecule has 1 atom stereocenters. The van der Waals surface area contributed by atoms with Crippen LogP contribution >= 0.6 is 11.3 Å². The van der Waals surface area contributed by atoms with Crippen molar-refractivity contribution in [3.8, 4) is 11.5 Å². The number of aryl methyl sites for hydroxylation is 1. The summed E-state index contributed by atoms with van der Waals surface area (Å²) >= 11 is 1.36. The maximum absolute atomic E-state index is 13.4. The fourth-order valence-electron chi connectivity index (χ4n) is 4.70.